The predicted molar refractivity (Wildman–Crippen MR) is 81.1 cm³/mol. The third kappa shape index (κ3) is 3.19. The second kappa shape index (κ2) is 5.92. The lowest BCUT2D eigenvalue weighted by Gasteiger charge is -2.11. The number of hydrogen-bond donors (Lipinski definition) is 1. The van der Waals surface area contributed by atoms with Crippen LogP contribution in [0, 0.1) is 5.82 Å². The lowest BCUT2D eigenvalue weighted by atomic mass is 10.1. The van der Waals surface area contributed by atoms with Crippen molar-refractivity contribution in [1.82, 2.24) is 4.98 Å². The molecule has 1 heterocycles. The Labute approximate surface area is 133 Å². The number of benzene rings is 2. The van der Waals surface area contributed by atoms with Gasteiger partial charge in [0.2, 0.25) is 0 Å². The Hall–Kier alpha value is -2.96. The normalized spacial score (nSPS) is 11.5. The Morgan fingerprint density at radius 1 is 1.00 bits per heavy atom. The van der Waals surface area contributed by atoms with E-state index in [-0.39, 0.29) is 16.6 Å². The number of anilines is 1. The molecular weight excluding hydrogens is 324 g/mol. The molecule has 1 amide bonds. The fourth-order valence-electron chi connectivity index (χ4n) is 2.23. The second-order valence-corrected chi connectivity index (χ2v) is 5.05. The highest BCUT2D eigenvalue weighted by Crippen LogP contribution is 2.33. The van der Waals surface area contributed by atoms with Crippen molar-refractivity contribution >= 4 is 22.5 Å². The Balaban J connectivity index is 1.99. The lowest BCUT2D eigenvalue weighted by molar-refractivity contribution is -0.137. The Morgan fingerprint density at radius 3 is 2.38 bits per heavy atom. The second-order valence-electron chi connectivity index (χ2n) is 5.05. The largest absolute Gasteiger partial charge is 0.416 e. The van der Waals surface area contributed by atoms with Crippen LogP contribution in [-0.4, -0.2) is 10.9 Å². The Morgan fingerprint density at radius 2 is 1.71 bits per heavy atom. The monoisotopic (exact) mass is 334 g/mol. The van der Waals surface area contributed by atoms with E-state index in [1.54, 1.807) is 0 Å². The molecule has 0 unspecified atom stereocenters. The van der Waals surface area contributed by atoms with Gasteiger partial charge in [-0.05, 0) is 48.5 Å². The van der Waals surface area contributed by atoms with Crippen molar-refractivity contribution in [3.8, 4) is 0 Å². The van der Waals surface area contributed by atoms with E-state index in [1.165, 1.54) is 30.5 Å². The summed E-state index contributed by atoms with van der Waals surface area (Å²) in [6.45, 7) is 0. The summed E-state index contributed by atoms with van der Waals surface area (Å²) in [5, 5.41) is 2.70. The quantitative estimate of drug-likeness (QED) is 0.694. The molecule has 0 aliphatic carbocycles. The van der Waals surface area contributed by atoms with E-state index in [0.717, 1.165) is 24.3 Å². The van der Waals surface area contributed by atoms with Crippen LogP contribution in [0.4, 0.5) is 23.2 Å². The number of nitrogens with zero attached hydrogens (tertiary/aromatic N) is 1. The molecular formula is C17H10F4N2O. The first-order chi connectivity index (χ1) is 11.3. The zero-order valence-corrected chi connectivity index (χ0v) is 12.1. The number of fused-ring (bicyclic) bond motifs is 1. The van der Waals surface area contributed by atoms with Gasteiger partial charge in [-0.1, -0.05) is 0 Å². The number of nitrogens with one attached hydrogen (secondary N) is 1. The van der Waals surface area contributed by atoms with Crippen molar-refractivity contribution in [2.24, 2.45) is 0 Å². The van der Waals surface area contributed by atoms with E-state index in [4.69, 9.17) is 0 Å². The number of hydrogen-bond acceptors (Lipinski definition) is 2. The molecule has 0 bridgehead atoms. The number of amides is 1. The highest BCUT2D eigenvalue weighted by atomic mass is 19.4. The van der Waals surface area contributed by atoms with Crippen LogP contribution >= 0.6 is 0 Å². The van der Waals surface area contributed by atoms with Gasteiger partial charge in [0.05, 0.1) is 16.8 Å². The van der Waals surface area contributed by atoms with Crippen molar-refractivity contribution in [3.05, 3.63) is 71.7 Å². The molecule has 3 aromatic rings. The van der Waals surface area contributed by atoms with Gasteiger partial charge in [-0.15, -0.1) is 0 Å². The van der Waals surface area contributed by atoms with E-state index < -0.39 is 23.5 Å². The average Bonchev–Trinajstić information content (AvgIpc) is 2.54. The van der Waals surface area contributed by atoms with Gasteiger partial charge in [0.25, 0.3) is 5.91 Å². The fraction of sp³-hybridized carbons (Fsp3) is 0.0588. The summed E-state index contributed by atoms with van der Waals surface area (Å²) in [7, 11) is 0. The van der Waals surface area contributed by atoms with E-state index in [1.807, 2.05) is 0 Å². The van der Waals surface area contributed by atoms with Gasteiger partial charge in [0.1, 0.15) is 5.82 Å². The SMILES string of the molecule is O=C(Nc1ccnc2ccc(C(F)(F)F)cc12)c1ccc(F)cc1. The van der Waals surface area contributed by atoms with Gasteiger partial charge in [-0.3, -0.25) is 9.78 Å². The smallest absolute Gasteiger partial charge is 0.321 e. The van der Waals surface area contributed by atoms with Crippen molar-refractivity contribution in [1.29, 1.82) is 0 Å². The van der Waals surface area contributed by atoms with E-state index in [0.29, 0.717) is 5.52 Å². The van der Waals surface area contributed by atoms with Gasteiger partial charge in [-0.2, -0.15) is 13.2 Å². The molecule has 0 spiro atoms. The molecule has 122 valence electrons. The molecule has 0 fully saturated rings. The third-order valence-corrected chi connectivity index (χ3v) is 3.42. The van der Waals surface area contributed by atoms with Crippen LogP contribution in [0.25, 0.3) is 10.9 Å². The van der Waals surface area contributed by atoms with E-state index in [9.17, 15) is 22.4 Å². The number of halogens is 4. The standard InChI is InChI=1S/C17H10F4N2O/c18-12-4-1-10(2-5-12)16(24)23-15-7-8-22-14-6-3-11(9-13(14)15)17(19,20)21/h1-9H,(H,22,23,24). The average molecular weight is 334 g/mol. The van der Waals surface area contributed by atoms with Gasteiger partial charge in [0.15, 0.2) is 0 Å². The number of rotatable bonds is 2. The topological polar surface area (TPSA) is 42.0 Å². The highest BCUT2D eigenvalue weighted by Gasteiger charge is 2.30. The van der Waals surface area contributed by atoms with Gasteiger partial charge >= 0.3 is 6.18 Å². The fourth-order valence-corrected chi connectivity index (χ4v) is 2.23. The van der Waals surface area contributed by atoms with Crippen molar-refractivity contribution in [2.75, 3.05) is 5.32 Å². The van der Waals surface area contributed by atoms with Gasteiger partial charge in [0, 0.05) is 17.1 Å². The van der Waals surface area contributed by atoms with Crippen LogP contribution in [-0.2, 0) is 6.18 Å². The zero-order valence-electron chi connectivity index (χ0n) is 12.1. The number of alkyl halides is 3. The van der Waals surface area contributed by atoms with Crippen LogP contribution in [0.3, 0.4) is 0 Å². The first kappa shape index (κ1) is 15.9. The molecule has 1 aromatic heterocycles. The highest BCUT2D eigenvalue weighted by molar-refractivity contribution is 6.08. The van der Waals surface area contributed by atoms with Crippen LogP contribution in [0.5, 0.6) is 0 Å². The van der Waals surface area contributed by atoms with Gasteiger partial charge in [-0.25, -0.2) is 4.39 Å². The molecule has 0 saturated heterocycles. The van der Waals surface area contributed by atoms with Crippen molar-refractivity contribution in [2.45, 2.75) is 6.18 Å². The van der Waals surface area contributed by atoms with Crippen LogP contribution in [0.2, 0.25) is 0 Å². The molecule has 3 rings (SSSR count). The van der Waals surface area contributed by atoms with Crippen molar-refractivity contribution < 1.29 is 22.4 Å². The molecule has 0 aliphatic heterocycles. The number of carbonyl (C=O) groups excluding carboxylic acids is 1. The number of pyridine rings is 1. The third-order valence-electron chi connectivity index (χ3n) is 3.42. The summed E-state index contributed by atoms with van der Waals surface area (Å²) in [6, 6.07) is 9.34. The lowest BCUT2D eigenvalue weighted by Crippen LogP contribution is -2.12. The van der Waals surface area contributed by atoms with E-state index in [2.05, 4.69) is 10.3 Å². The molecule has 2 aromatic carbocycles. The number of carbonyl (C=O) groups is 1. The summed E-state index contributed by atoms with van der Waals surface area (Å²) in [5.74, 6) is -1.05. The summed E-state index contributed by atoms with van der Waals surface area (Å²) < 4.78 is 51.5. The molecule has 0 aliphatic rings. The summed E-state index contributed by atoms with van der Waals surface area (Å²) in [6.07, 6.45) is -3.11. The summed E-state index contributed by atoms with van der Waals surface area (Å²) in [5.41, 5.74) is -0.131. The Kier molecular flexibility index (Phi) is 3.92. The number of aromatic nitrogens is 1. The molecule has 7 heteroatoms. The first-order valence-corrected chi connectivity index (χ1v) is 6.87. The molecule has 0 saturated carbocycles. The maximum absolute atomic E-state index is 12.9. The van der Waals surface area contributed by atoms with Crippen molar-refractivity contribution in [3.63, 3.8) is 0 Å². The maximum atomic E-state index is 12.9. The van der Waals surface area contributed by atoms with E-state index >= 15 is 0 Å². The zero-order chi connectivity index (χ0) is 17.3. The van der Waals surface area contributed by atoms with Crippen LogP contribution in [0.1, 0.15) is 15.9 Å². The minimum atomic E-state index is -4.50. The summed E-state index contributed by atoms with van der Waals surface area (Å²) in [4.78, 5) is 16.2. The van der Waals surface area contributed by atoms with Gasteiger partial charge < -0.3 is 5.32 Å². The minimum Gasteiger partial charge on any atom is -0.321 e. The summed E-state index contributed by atoms with van der Waals surface area (Å²) >= 11 is 0. The molecule has 24 heavy (non-hydrogen) atoms. The minimum absolute atomic E-state index is 0.169. The van der Waals surface area contributed by atoms with Crippen LogP contribution < -0.4 is 5.32 Å². The molecule has 0 radical (unpaired) electrons. The maximum Gasteiger partial charge on any atom is 0.416 e. The molecule has 1 N–H and O–H groups in total. The molecule has 3 nitrogen and oxygen atoms in total. The Bertz CT molecular complexity index is 905. The molecule has 0 atom stereocenters. The first-order valence-electron chi connectivity index (χ1n) is 6.87. The predicted octanol–water partition coefficient (Wildman–Crippen LogP) is 4.65. The van der Waals surface area contributed by atoms with Crippen LogP contribution in [0.15, 0.2) is 54.7 Å².